The van der Waals surface area contributed by atoms with E-state index in [9.17, 15) is 8.42 Å². The lowest BCUT2D eigenvalue weighted by atomic mass is 9.85. The van der Waals surface area contributed by atoms with Gasteiger partial charge >= 0.3 is 0 Å². The van der Waals surface area contributed by atoms with Gasteiger partial charge in [0.2, 0.25) is 10.0 Å². The van der Waals surface area contributed by atoms with Crippen molar-refractivity contribution < 1.29 is 8.42 Å². The van der Waals surface area contributed by atoms with Crippen molar-refractivity contribution in [2.24, 2.45) is 0 Å². The molecule has 0 unspecified atom stereocenters. The van der Waals surface area contributed by atoms with E-state index in [1.807, 2.05) is 25.3 Å². The van der Waals surface area contributed by atoms with Gasteiger partial charge in [0.25, 0.3) is 0 Å². The summed E-state index contributed by atoms with van der Waals surface area (Å²) < 4.78 is 30.2. The number of sulfonamides is 1. The molecule has 0 atom stereocenters. The van der Waals surface area contributed by atoms with E-state index in [0.717, 1.165) is 29.1 Å². The molecule has 0 bridgehead atoms. The van der Waals surface area contributed by atoms with E-state index < -0.39 is 10.0 Å². The third-order valence-electron chi connectivity index (χ3n) is 4.45. The first kappa shape index (κ1) is 19.6. The molecule has 0 amide bonds. The van der Waals surface area contributed by atoms with E-state index in [1.165, 1.54) is 0 Å². The number of hydrogen-bond donors (Lipinski definition) is 1. The van der Waals surface area contributed by atoms with E-state index in [-0.39, 0.29) is 5.41 Å². The average Bonchev–Trinajstić information content (AvgIpc) is 2.95. The number of nitrogens with one attached hydrogen (secondary N) is 1. The first-order valence-electron chi connectivity index (χ1n) is 8.54. The Bertz CT molecular complexity index is 848. The van der Waals surface area contributed by atoms with Gasteiger partial charge in [-0.2, -0.15) is 0 Å². The zero-order valence-electron chi connectivity index (χ0n) is 15.9. The van der Waals surface area contributed by atoms with Gasteiger partial charge in [0.1, 0.15) is 12.2 Å². The van der Waals surface area contributed by atoms with Crippen LogP contribution in [0.5, 0.6) is 0 Å². The Hall–Kier alpha value is -1.73. The summed E-state index contributed by atoms with van der Waals surface area (Å²) in [7, 11) is -3.58. The fourth-order valence-corrected chi connectivity index (χ4v) is 4.02. The molecule has 1 N–H and O–H groups in total. The van der Waals surface area contributed by atoms with Crippen LogP contribution in [0.15, 0.2) is 23.4 Å². The molecule has 2 rings (SSSR count). The van der Waals surface area contributed by atoms with Crippen LogP contribution in [0.3, 0.4) is 0 Å². The van der Waals surface area contributed by atoms with Crippen molar-refractivity contribution in [2.45, 2.75) is 64.8 Å². The van der Waals surface area contributed by atoms with Crippen LogP contribution in [-0.4, -0.2) is 29.7 Å². The first-order valence-corrected chi connectivity index (χ1v) is 10.0. The van der Waals surface area contributed by atoms with Gasteiger partial charge in [-0.15, -0.1) is 10.2 Å². The van der Waals surface area contributed by atoms with Crippen molar-refractivity contribution in [1.29, 1.82) is 0 Å². The second-order valence-corrected chi connectivity index (χ2v) is 9.08. The molecule has 0 aliphatic heterocycles. The third kappa shape index (κ3) is 4.46. The zero-order valence-corrected chi connectivity index (χ0v) is 16.7. The largest absolute Gasteiger partial charge is 0.318 e. The molecule has 0 radical (unpaired) electrons. The summed E-state index contributed by atoms with van der Waals surface area (Å²) in [6, 6.07) is 3.86. The highest BCUT2D eigenvalue weighted by atomic mass is 32.2. The van der Waals surface area contributed by atoms with Crippen LogP contribution in [-0.2, 0) is 28.4 Å². The maximum absolute atomic E-state index is 12.8. The molecule has 0 saturated carbocycles. The molecule has 1 aromatic carbocycles. The van der Waals surface area contributed by atoms with Crippen molar-refractivity contribution in [1.82, 2.24) is 19.5 Å². The normalized spacial score (nSPS) is 12.6. The molecular weight excluding hydrogens is 336 g/mol. The highest BCUT2D eigenvalue weighted by Gasteiger charge is 2.22. The van der Waals surface area contributed by atoms with E-state index in [0.29, 0.717) is 17.9 Å². The Kier molecular flexibility index (Phi) is 5.68. The Balaban J connectivity index is 2.23. The minimum atomic E-state index is -3.58. The van der Waals surface area contributed by atoms with Crippen LogP contribution in [0.2, 0.25) is 0 Å². The van der Waals surface area contributed by atoms with Gasteiger partial charge in [-0.3, -0.25) is 0 Å². The van der Waals surface area contributed by atoms with Crippen LogP contribution in [0, 0.1) is 13.8 Å². The summed E-state index contributed by atoms with van der Waals surface area (Å²) >= 11 is 0. The quantitative estimate of drug-likeness (QED) is 0.855. The van der Waals surface area contributed by atoms with Crippen molar-refractivity contribution in [3.8, 4) is 0 Å². The Morgan fingerprint density at radius 3 is 2.48 bits per heavy atom. The van der Waals surface area contributed by atoms with E-state index in [2.05, 4.69) is 41.8 Å². The summed E-state index contributed by atoms with van der Waals surface area (Å²) in [4.78, 5) is 0.356. The summed E-state index contributed by atoms with van der Waals surface area (Å²) in [6.45, 7) is 13.1. The third-order valence-corrected chi connectivity index (χ3v) is 6.04. The van der Waals surface area contributed by atoms with Gasteiger partial charge in [0, 0.05) is 19.5 Å². The summed E-state index contributed by atoms with van der Waals surface area (Å²) in [6.07, 6.45) is 2.16. The topological polar surface area (TPSA) is 76.9 Å². The molecule has 2 aromatic rings. The first-order chi connectivity index (χ1) is 11.6. The van der Waals surface area contributed by atoms with E-state index >= 15 is 0 Å². The fourth-order valence-electron chi connectivity index (χ4n) is 2.65. The molecule has 138 valence electrons. The lowest BCUT2D eigenvalue weighted by molar-refractivity contribution is 0.573. The number of rotatable bonds is 6. The summed E-state index contributed by atoms with van der Waals surface area (Å²) in [5.74, 6) is 0.779. The van der Waals surface area contributed by atoms with Crippen molar-refractivity contribution >= 4 is 10.0 Å². The fraction of sp³-hybridized carbons (Fsp3) is 0.556. The maximum atomic E-state index is 12.8. The van der Waals surface area contributed by atoms with Crippen molar-refractivity contribution in [2.75, 3.05) is 6.54 Å². The highest BCUT2D eigenvalue weighted by molar-refractivity contribution is 7.89. The van der Waals surface area contributed by atoms with Crippen molar-refractivity contribution in [3.05, 3.63) is 41.0 Å². The molecule has 0 fully saturated rings. The summed E-state index contributed by atoms with van der Waals surface area (Å²) in [5.41, 5.74) is 2.68. The average molecular weight is 365 g/mol. The van der Waals surface area contributed by atoms with Gasteiger partial charge in [-0.05, 0) is 48.9 Å². The standard InChI is InChI=1S/C18H28N4O2S/c1-7-22-12-19-21-17(22)8-9-20-25(23,24)16-11-15(18(4,5)6)10-13(2)14(16)3/h10-12,20H,7-9H2,1-6H3. The molecule has 0 spiro atoms. The SMILES string of the molecule is CCn1cnnc1CCNS(=O)(=O)c1cc(C(C)(C)C)cc(C)c1C. The molecule has 7 heteroatoms. The van der Waals surface area contributed by atoms with Crippen LogP contribution in [0.1, 0.15) is 50.2 Å². The Morgan fingerprint density at radius 1 is 1.20 bits per heavy atom. The monoisotopic (exact) mass is 364 g/mol. The predicted molar refractivity (Wildman–Crippen MR) is 99.2 cm³/mol. The molecule has 0 aliphatic rings. The Morgan fingerprint density at radius 2 is 1.88 bits per heavy atom. The highest BCUT2D eigenvalue weighted by Crippen LogP contribution is 2.28. The van der Waals surface area contributed by atoms with Gasteiger partial charge in [0.15, 0.2) is 0 Å². The Labute approximate surface area is 150 Å². The number of aromatic nitrogens is 3. The van der Waals surface area contributed by atoms with Crippen LogP contribution in [0.4, 0.5) is 0 Å². The predicted octanol–water partition coefficient (Wildman–Crippen LogP) is 2.73. The number of aryl methyl sites for hydroxylation is 2. The molecule has 6 nitrogen and oxygen atoms in total. The van der Waals surface area contributed by atoms with Gasteiger partial charge in [-0.1, -0.05) is 26.8 Å². The minimum Gasteiger partial charge on any atom is -0.318 e. The minimum absolute atomic E-state index is 0.111. The number of benzene rings is 1. The molecule has 0 aliphatic carbocycles. The molecule has 1 aromatic heterocycles. The maximum Gasteiger partial charge on any atom is 0.240 e. The molecule has 25 heavy (non-hydrogen) atoms. The molecule has 0 saturated heterocycles. The van der Waals surface area contributed by atoms with Crippen LogP contribution in [0.25, 0.3) is 0 Å². The van der Waals surface area contributed by atoms with Crippen molar-refractivity contribution in [3.63, 3.8) is 0 Å². The van der Waals surface area contributed by atoms with Gasteiger partial charge < -0.3 is 4.57 Å². The number of nitrogens with zero attached hydrogens (tertiary/aromatic N) is 3. The van der Waals surface area contributed by atoms with E-state index in [1.54, 1.807) is 12.4 Å². The zero-order chi connectivity index (χ0) is 18.8. The van der Waals surface area contributed by atoms with Gasteiger partial charge in [-0.25, -0.2) is 13.1 Å². The van der Waals surface area contributed by atoms with Crippen LogP contribution >= 0.6 is 0 Å². The van der Waals surface area contributed by atoms with E-state index in [4.69, 9.17) is 0 Å². The second kappa shape index (κ2) is 7.25. The van der Waals surface area contributed by atoms with Gasteiger partial charge in [0.05, 0.1) is 4.90 Å². The molecule has 1 heterocycles. The second-order valence-electron chi connectivity index (χ2n) is 7.35. The van der Waals surface area contributed by atoms with Crippen LogP contribution < -0.4 is 4.72 Å². The lowest BCUT2D eigenvalue weighted by Crippen LogP contribution is -2.28. The molecular formula is C18H28N4O2S. The summed E-state index contributed by atoms with van der Waals surface area (Å²) in [5, 5.41) is 7.90. The lowest BCUT2D eigenvalue weighted by Gasteiger charge is -2.22. The smallest absolute Gasteiger partial charge is 0.240 e. The number of hydrogen-bond acceptors (Lipinski definition) is 4.